The number of aryl methyl sites for hydroxylation is 2. The number of anilines is 1. The average molecular weight is 274 g/mol. The summed E-state index contributed by atoms with van der Waals surface area (Å²) in [6.45, 7) is 4.20. The van der Waals surface area contributed by atoms with Gasteiger partial charge in [-0.3, -0.25) is 9.48 Å². The van der Waals surface area contributed by atoms with Gasteiger partial charge in [-0.1, -0.05) is 0 Å². The van der Waals surface area contributed by atoms with E-state index in [-0.39, 0.29) is 11.3 Å². The second-order valence-corrected chi connectivity index (χ2v) is 4.17. The lowest BCUT2D eigenvalue weighted by Crippen LogP contribution is -2.15. The van der Waals surface area contributed by atoms with Gasteiger partial charge in [-0.25, -0.2) is 9.78 Å². The Hall–Kier alpha value is -2.70. The Bertz CT molecular complexity index is 663. The van der Waals surface area contributed by atoms with Gasteiger partial charge in [0.1, 0.15) is 5.69 Å². The van der Waals surface area contributed by atoms with Crippen LogP contribution in [-0.4, -0.2) is 31.7 Å². The van der Waals surface area contributed by atoms with E-state index in [2.05, 4.69) is 15.4 Å². The zero-order valence-electron chi connectivity index (χ0n) is 11.1. The van der Waals surface area contributed by atoms with Crippen LogP contribution >= 0.6 is 0 Å². The molecule has 2 aromatic rings. The van der Waals surface area contributed by atoms with Crippen LogP contribution in [0.4, 0.5) is 5.69 Å². The molecule has 7 nitrogen and oxygen atoms in total. The summed E-state index contributed by atoms with van der Waals surface area (Å²) in [6, 6.07) is 2.76. The zero-order chi connectivity index (χ0) is 14.7. The minimum Gasteiger partial charge on any atom is -0.478 e. The third kappa shape index (κ3) is 2.82. The van der Waals surface area contributed by atoms with Crippen LogP contribution in [0.25, 0.3) is 0 Å². The number of aromatic carboxylic acids is 1. The molecule has 20 heavy (non-hydrogen) atoms. The molecule has 0 saturated heterocycles. The van der Waals surface area contributed by atoms with Crippen molar-refractivity contribution in [2.45, 2.75) is 20.4 Å². The second-order valence-electron chi connectivity index (χ2n) is 4.17. The van der Waals surface area contributed by atoms with Crippen LogP contribution in [0.3, 0.4) is 0 Å². The number of carbonyl (C=O) groups is 2. The molecule has 0 fully saturated rings. The lowest BCUT2D eigenvalue weighted by molar-refractivity contribution is 0.0695. The van der Waals surface area contributed by atoms with Gasteiger partial charge in [-0.2, -0.15) is 5.10 Å². The quantitative estimate of drug-likeness (QED) is 0.881. The van der Waals surface area contributed by atoms with Crippen LogP contribution < -0.4 is 5.32 Å². The van der Waals surface area contributed by atoms with E-state index in [0.29, 0.717) is 17.9 Å². The molecule has 104 valence electrons. The number of carboxylic acids is 1. The van der Waals surface area contributed by atoms with E-state index in [4.69, 9.17) is 5.11 Å². The van der Waals surface area contributed by atoms with Gasteiger partial charge in [0.05, 0.1) is 23.1 Å². The summed E-state index contributed by atoms with van der Waals surface area (Å²) in [5, 5.41) is 15.6. The van der Waals surface area contributed by atoms with Gasteiger partial charge in [0.2, 0.25) is 0 Å². The van der Waals surface area contributed by atoms with Gasteiger partial charge in [0, 0.05) is 12.7 Å². The minimum absolute atomic E-state index is 0.0837. The van der Waals surface area contributed by atoms with Crippen LogP contribution in [0.15, 0.2) is 24.5 Å². The van der Waals surface area contributed by atoms with Crippen molar-refractivity contribution in [3.63, 3.8) is 0 Å². The summed E-state index contributed by atoms with van der Waals surface area (Å²) in [5.41, 5.74) is 1.12. The lowest BCUT2D eigenvalue weighted by Gasteiger charge is -2.04. The summed E-state index contributed by atoms with van der Waals surface area (Å²) < 4.78 is 1.68. The summed E-state index contributed by atoms with van der Waals surface area (Å²) in [6.07, 6.45) is 3.25. The van der Waals surface area contributed by atoms with Crippen LogP contribution in [0.2, 0.25) is 0 Å². The molecule has 0 spiro atoms. The van der Waals surface area contributed by atoms with E-state index in [0.717, 1.165) is 0 Å². The highest BCUT2D eigenvalue weighted by Gasteiger charge is 2.13. The van der Waals surface area contributed by atoms with E-state index >= 15 is 0 Å². The number of nitrogens with one attached hydrogen (secondary N) is 1. The van der Waals surface area contributed by atoms with Crippen LogP contribution in [0, 0.1) is 6.92 Å². The Kier molecular flexibility index (Phi) is 3.79. The fourth-order valence-electron chi connectivity index (χ4n) is 1.71. The third-order valence-electron chi connectivity index (χ3n) is 2.76. The molecule has 0 aliphatic heterocycles. The summed E-state index contributed by atoms with van der Waals surface area (Å²) >= 11 is 0. The number of hydrogen-bond acceptors (Lipinski definition) is 4. The number of amides is 1. The summed E-state index contributed by atoms with van der Waals surface area (Å²) in [7, 11) is 0. The maximum atomic E-state index is 12.0. The van der Waals surface area contributed by atoms with E-state index in [1.54, 1.807) is 24.0 Å². The van der Waals surface area contributed by atoms with Crippen molar-refractivity contribution in [1.82, 2.24) is 14.8 Å². The van der Waals surface area contributed by atoms with Crippen LogP contribution in [0.1, 0.15) is 33.5 Å². The molecule has 1 amide bonds. The molecule has 0 saturated carbocycles. The average Bonchev–Trinajstić information content (AvgIpc) is 2.85. The first-order valence-electron chi connectivity index (χ1n) is 6.06. The first-order valence-corrected chi connectivity index (χ1v) is 6.06. The molecule has 0 unspecified atom stereocenters. The number of rotatable bonds is 4. The standard InChI is InChI=1S/C13H14N4O3/c1-3-17-7-9(6-14-17)16-12(18)11-5-4-10(13(19)20)8(2)15-11/h4-7H,3H2,1-2H3,(H,16,18)(H,19,20). The van der Waals surface area contributed by atoms with Gasteiger partial charge in [0.15, 0.2) is 0 Å². The number of carboxylic acid groups (broad SMARTS) is 1. The molecule has 0 aromatic carbocycles. The first kappa shape index (κ1) is 13.7. The molecule has 0 atom stereocenters. The van der Waals surface area contributed by atoms with Gasteiger partial charge in [0.25, 0.3) is 5.91 Å². The molecular formula is C13H14N4O3. The molecule has 0 bridgehead atoms. The number of nitrogens with zero attached hydrogens (tertiary/aromatic N) is 3. The normalized spacial score (nSPS) is 10.3. The highest BCUT2D eigenvalue weighted by molar-refractivity contribution is 6.03. The Morgan fingerprint density at radius 2 is 2.15 bits per heavy atom. The number of hydrogen-bond donors (Lipinski definition) is 2. The van der Waals surface area contributed by atoms with Crippen molar-refractivity contribution in [3.8, 4) is 0 Å². The smallest absolute Gasteiger partial charge is 0.337 e. The van der Waals surface area contributed by atoms with Gasteiger partial charge >= 0.3 is 5.97 Å². The van der Waals surface area contributed by atoms with Gasteiger partial charge in [-0.05, 0) is 26.0 Å². The topological polar surface area (TPSA) is 97.1 Å². The fourth-order valence-corrected chi connectivity index (χ4v) is 1.71. The predicted molar refractivity (Wildman–Crippen MR) is 71.8 cm³/mol. The number of aromatic nitrogens is 3. The van der Waals surface area contributed by atoms with Crippen molar-refractivity contribution in [2.24, 2.45) is 0 Å². The molecular weight excluding hydrogens is 260 g/mol. The first-order chi connectivity index (χ1) is 9.51. The minimum atomic E-state index is -1.06. The van der Waals surface area contributed by atoms with Crippen molar-refractivity contribution in [1.29, 1.82) is 0 Å². The largest absolute Gasteiger partial charge is 0.478 e. The maximum Gasteiger partial charge on any atom is 0.337 e. The fraction of sp³-hybridized carbons (Fsp3) is 0.231. The lowest BCUT2D eigenvalue weighted by atomic mass is 10.2. The van der Waals surface area contributed by atoms with Crippen LogP contribution in [-0.2, 0) is 6.54 Å². The maximum absolute atomic E-state index is 12.0. The van der Waals surface area contributed by atoms with Gasteiger partial charge in [-0.15, -0.1) is 0 Å². The molecule has 2 N–H and O–H groups in total. The third-order valence-corrected chi connectivity index (χ3v) is 2.76. The van der Waals surface area contributed by atoms with E-state index < -0.39 is 11.9 Å². The molecule has 7 heteroatoms. The molecule has 0 aliphatic carbocycles. The Labute approximate surface area is 115 Å². The molecule has 2 aromatic heterocycles. The second kappa shape index (κ2) is 5.52. The molecule has 2 rings (SSSR count). The van der Waals surface area contributed by atoms with E-state index in [9.17, 15) is 9.59 Å². The summed E-state index contributed by atoms with van der Waals surface area (Å²) in [4.78, 5) is 26.9. The predicted octanol–water partition coefficient (Wildman–Crippen LogP) is 1.56. The Morgan fingerprint density at radius 3 is 2.70 bits per heavy atom. The molecule has 0 radical (unpaired) electrons. The monoisotopic (exact) mass is 274 g/mol. The van der Waals surface area contributed by atoms with Crippen molar-refractivity contribution < 1.29 is 14.7 Å². The number of carbonyl (C=O) groups excluding carboxylic acids is 1. The van der Waals surface area contributed by atoms with Crippen LogP contribution in [0.5, 0.6) is 0 Å². The SMILES string of the molecule is CCn1cc(NC(=O)c2ccc(C(=O)O)c(C)n2)cn1. The highest BCUT2D eigenvalue weighted by atomic mass is 16.4. The van der Waals surface area contributed by atoms with E-state index in [1.807, 2.05) is 6.92 Å². The zero-order valence-corrected chi connectivity index (χ0v) is 11.1. The Balaban J connectivity index is 2.17. The van der Waals surface area contributed by atoms with Gasteiger partial charge < -0.3 is 10.4 Å². The van der Waals surface area contributed by atoms with Crippen molar-refractivity contribution >= 4 is 17.6 Å². The van der Waals surface area contributed by atoms with E-state index in [1.165, 1.54) is 12.1 Å². The molecule has 2 heterocycles. The number of pyridine rings is 1. The highest BCUT2D eigenvalue weighted by Crippen LogP contribution is 2.10. The molecule has 0 aliphatic rings. The van der Waals surface area contributed by atoms with Crippen molar-refractivity contribution in [3.05, 3.63) is 41.5 Å². The Morgan fingerprint density at radius 1 is 1.40 bits per heavy atom. The summed E-state index contributed by atoms with van der Waals surface area (Å²) in [5.74, 6) is -1.47. The van der Waals surface area contributed by atoms with Crippen molar-refractivity contribution in [2.75, 3.05) is 5.32 Å².